The third-order valence-electron chi connectivity index (χ3n) is 3.66. The third-order valence-corrected chi connectivity index (χ3v) is 3.66. The van der Waals surface area contributed by atoms with Crippen LogP contribution in [0.15, 0.2) is 46.9 Å². The van der Waals surface area contributed by atoms with Crippen molar-refractivity contribution in [1.29, 1.82) is 0 Å². The highest BCUT2D eigenvalue weighted by atomic mass is 16.6. The Bertz CT molecular complexity index is 720. The minimum Gasteiger partial charge on any atom is -0.494 e. The van der Waals surface area contributed by atoms with E-state index in [1.165, 1.54) is 6.92 Å². The summed E-state index contributed by atoms with van der Waals surface area (Å²) >= 11 is 0. The van der Waals surface area contributed by atoms with Gasteiger partial charge in [0.25, 0.3) is 5.95 Å². The molecule has 6 heteroatoms. The molecule has 2 rings (SSSR count). The number of nitrogens with zero attached hydrogens (tertiary/aromatic N) is 1. The first-order valence-corrected chi connectivity index (χ1v) is 8.67. The van der Waals surface area contributed by atoms with Crippen molar-refractivity contribution >= 4 is 12.0 Å². The van der Waals surface area contributed by atoms with Crippen LogP contribution in [0.3, 0.4) is 0 Å². The summed E-state index contributed by atoms with van der Waals surface area (Å²) in [6.45, 7) is 5.82. The highest BCUT2D eigenvalue weighted by molar-refractivity contribution is 5.72. The van der Waals surface area contributed by atoms with Crippen LogP contribution in [0.25, 0.3) is 6.08 Å². The predicted octanol–water partition coefficient (Wildman–Crippen LogP) is 4.89. The van der Waals surface area contributed by atoms with Crippen LogP contribution in [-0.2, 0) is 4.79 Å². The topological polar surface area (TPSA) is 72.1 Å². The van der Waals surface area contributed by atoms with Gasteiger partial charge in [-0.1, -0.05) is 19.4 Å². The van der Waals surface area contributed by atoms with E-state index >= 15 is 0 Å². The maximum Gasteiger partial charge on any atom is 0.290 e. The molecule has 1 heterocycles. The molecule has 0 bridgehead atoms. The van der Waals surface area contributed by atoms with E-state index in [4.69, 9.17) is 13.9 Å². The van der Waals surface area contributed by atoms with Crippen LogP contribution in [0.1, 0.15) is 39.4 Å². The standard InChI is InChI=1S/C20H25NO5/c1-4-5-14-24-17-8-10-19(11-9-17)26-20-13-12-18(25-20)7-6-15(2)21(23)16(3)22/h6-13,15,23H,4-5,14H2,1-3H3. The average molecular weight is 359 g/mol. The monoisotopic (exact) mass is 359 g/mol. The van der Waals surface area contributed by atoms with Crippen molar-refractivity contribution in [2.24, 2.45) is 0 Å². The SMILES string of the molecule is CCCCOc1ccc(Oc2ccc(C=CC(C)N(O)C(C)=O)o2)cc1. The second-order valence-electron chi connectivity index (χ2n) is 5.90. The van der Waals surface area contributed by atoms with E-state index < -0.39 is 11.9 Å². The lowest BCUT2D eigenvalue weighted by Crippen LogP contribution is -2.32. The second-order valence-corrected chi connectivity index (χ2v) is 5.90. The first-order chi connectivity index (χ1) is 12.5. The summed E-state index contributed by atoms with van der Waals surface area (Å²) in [5.41, 5.74) is 0. The molecule has 2 aromatic rings. The Hall–Kier alpha value is -2.73. The molecule has 0 aliphatic heterocycles. The molecule has 0 spiro atoms. The number of hydroxylamine groups is 2. The zero-order chi connectivity index (χ0) is 18.9. The van der Waals surface area contributed by atoms with Gasteiger partial charge in [0, 0.05) is 13.0 Å². The summed E-state index contributed by atoms with van der Waals surface area (Å²) in [5, 5.41) is 10.2. The van der Waals surface area contributed by atoms with Gasteiger partial charge in [-0.2, -0.15) is 0 Å². The molecule has 0 saturated heterocycles. The number of furan rings is 1. The normalized spacial score (nSPS) is 12.2. The number of carbonyl (C=O) groups excluding carboxylic acids is 1. The number of carbonyl (C=O) groups is 1. The van der Waals surface area contributed by atoms with E-state index in [2.05, 4.69) is 6.92 Å². The van der Waals surface area contributed by atoms with Crippen LogP contribution < -0.4 is 9.47 Å². The van der Waals surface area contributed by atoms with Gasteiger partial charge in [-0.3, -0.25) is 10.0 Å². The molecular formula is C20H25NO5. The first-order valence-electron chi connectivity index (χ1n) is 8.67. The molecule has 0 radical (unpaired) electrons. The second kappa shape index (κ2) is 9.68. The summed E-state index contributed by atoms with van der Waals surface area (Å²) in [5.74, 6) is 1.94. The molecule has 0 aliphatic carbocycles. The quantitative estimate of drug-likeness (QED) is 0.392. The van der Waals surface area contributed by atoms with Gasteiger partial charge in [-0.15, -0.1) is 0 Å². The number of amides is 1. The lowest BCUT2D eigenvalue weighted by Gasteiger charge is -2.17. The number of benzene rings is 1. The maximum absolute atomic E-state index is 11.1. The fourth-order valence-corrected chi connectivity index (χ4v) is 2.14. The van der Waals surface area contributed by atoms with Crippen molar-refractivity contribution in [3.05, 3.63) is 48.2 Å². The van der Waals surface area contributed by atoms with Crippen molar-refractivity contribution < 1.29 is 23.9 Å². The van der Waals surface area contributed by atoms with Crippen molar-refractivity contribution in [3.8, 4) is 17.4 Å². The van der Waals surface area contributed by atoms with Gasteiger partial charge in [0.2, 0.25) is 5.91 Å². The summed E-state index contributed by atoms with van der Waals surface area (Å²) < 4.78 is 16.8. The largest absolute Gasteiger partial charge is 0.494 e. The van der Waals surface area contributed by atoms with E-state index in [1.807, 2.05) is 24.3 Å². The van der Waals surface area contributed by atoms with Gasteiger partial charge in [0.05, 0.1) is 12.6 Å². The van der Waals surface area contributed by atoms with E-state index in [0.717, 1.165) is 18.6 Å². The minimum absolute atomic E-state index is 0.351. The molecule has 26 heavy (non-hydrogen) atoms. The van der Waals surface area contributed by atoms with E-state index in [-0.39, 0.29) is 0 Å². The Labute approximate surface area is 153 Å². The number of hydrogen-bond donors (Lipinski definition) is 1. The number of hydrogen-bond acceptors (Lipinski definition) is 5. The van der Waals surface area contributed by atoms with Crippen LogP contribution in [0.5, 0.6) is 17.4 Å². The van der Waals surface area contributed by atoms with Gasteiger partial charge >= 0.3 is 0 Å². The minimum atomic E-state index is -0.456. The van der Waals surface area contributed by atoms with E-state index in [1.54, 1.807) is 31.2 Å². The van der Waals surface area contributed by atoms with Crippen molar-refractivity contribution in [2.45, 2.75) is 39.7 Å². The molecule has 1 atom stereocenters. The van der Waals surface area contributed by atoms with Crippen molar-refractivity contribution in [3.63, 3.8) is 0 Å². The Morgan fingerprint density at radius 2 is 1.92 bits per heavy atom. The first kappa shape index (κ1) is 19.6. The lowest BCUT2D eigenvalue weighted by molar-refractivity contribution is -0.167. The van der Waals surface area contributed by atoms with Crippen molar-refractivity contribution in [1.82, 2.24) is 5.06 Å². The highest BCUT2D eigenvalue weighted by Crippen LogP contribution is 2.26. The Balaban J connectivity index is 1.90. The zero-order valence-corrected chi connectivity index (χ0v) is 15.3. The lowest BCUT2D eigenvalue weighted by atomic mass is 10.2. The van der Waals surface area contributed by atoms with Crippen LogP contribution >= 0.6 is 0 Å². The Kier molecular flexibility index (Phi) is 7.29. The molecular weight excluding hydrogens is 334 g/mol. The van der Waals surface area contributed by atoms with E-state index in [0.29, 0.717) is 29.1 Å². The molecule has 0 saturated carbocycles. The fourth-order valence-electron chi connectivity index (χ4n) is 2.14. The molecule has 1 amide bonds. The summed E-state index contributed by atoms with van der Waals surface area (Å²) in [6, 6.07) is 10.3. The summed E-state index contributed by atoms with van der Waals surface area (Å²) in [6.07, 6.45) is 5.46. The van der Waals surface area contributed by atoms with Crippen LogP contribution in [-0.4, -0.2) is 28.8 Å². The molecule has 1 aromatic heterocycles. The molecule has 1 N–H and O–H groups in total. The zero-order valence-electron chi connectivity index (χ0n) is 15.3. The fraction of sp³-hybridized carbons (Fsp3) is 0.350. The average Bonchev–Trinajstić information content (AvgIpc) is 3.08. The number of unbranched alkanes of at least 4 members (excludes halogenated alkanes) is 1. The van der Waals surface area contributed by atoms with E-state index in [9.17, 15) is 10.0 Å². The maximum atomic E-state index is 11.1. The highest BCUT2D eigenvalue weighted by Gasteiger charge is 2.11. The molecule has 6 nitrogen and oxygen atoms in total. The van der Waals surface area contributed by atoms with Gasteiger partial charge in [-0.05, 0) is 49.8 Å². The van der Waals surface area contributed by atoms with Crippen LogP contribution in [0, 0.1) is 0 Å². The molecule has 1 aromatic carbocycles. The van der Waals surface area contributed by atoms with Gasteiger partial charge in [0.1, 0.15) is 17.3 Å². The summed E-state index contributed by atoms with van der Waals surface area (Å²) in [4.78, 5) is 11.1. The summed E-state index contributed by atoms with van der Waals surface area (Å²) in [7, 11) is 0. The number of rotatable bonds is 9. The third kappa shape index (κ3) is 5.97. The molecule has 1 unspecified atom stereocenters. The molecule has 0 aliphatic rings. The van der Waals surface area contributed by atoms with Crippen molar-refractivity contribution in [2.75, 3.05) is 6.61 Å². The smallest absolute Gasteiger partial charge is 0.290 e. The molecule has 0 fully saturated rings. The Morgan fingerprint density at radius 3 is 2.58 bits per heavy atom. The van der Waals surface area contributed by atoms with Crippen LogP contribution in [0.4, 0.5) is 0 Å². The van der Waals surface area contributed by atoms with Gasteiger partial charge in [-0.25, -0.2) is 5.06 Å². The Morgan fingerprint density at radius 1 is 1.23 bits per heavy atom. The number of ether oxygens (including phenoxy) is 2. The predicted molar refractivity (Wildman–Crippen MR) is 98.4 cm³/mol. The van der Waals surface area contributed by atoms with Gasteiger partial charge < -0.3 is 13.9 Å². The molecule has 140 valence electrons. The van der Waals surface area contributed by atoms with Gasteiger partial charge in [0.15, 0.2) is 0 Å². The van der Waals surface area contributed by atoms with Crippen LogP contribution in [0.2, 0.25) is 0 Å².